The summed E-state index contributed by atoms with van der Waals surface area (Å²) in [5, 5.41) is 6.95. The third-order valence-corrected chi connectivity index (χ3v) is 13.5. The second-order valence-electron chi connectivity index (χ2n) is 17.5. The van der Waals surface area contributed by atoms with Crippen molar-refractivity contribution in [2.24, 2.45) is 0 Å². The summed E-state index contributed by atoms with van der Waals surface area (Å²) in [7, 11) is 0. The van der Waals surface area contributed by atoms with Crippen LogP contribution < -0.4 is 0 Å². The topological polar surface area (TPSA) is 66.3 Å². The highest BCUT2D eigenvalue weighted by Gasteiger charge is 2.25. The molecule has 322 valence electrons. The number of aromatic nitrogens is 7. The van der Waals surface area contributed by atoms with Crippen LogP contribution in [0.5, 0.6) is 0 Å². The molecule has 0 bridgehead atoms. The summed E-state index contributed by atoms with van der Waals surface area (Å²) >= 11 is 0. The third-order valence-electron chi connectivity index (χ3n) is 13.5. The van der Waals surface area contributed by atoms with E-state index in [2.05, 4.69) is 214 Å². The van der Waals surface area contributed by atoms with Gasteiger partial charge in [0.2, 0.25) is 5.95 Å². The Balaban J connectivity index is 1.04. The van der Waals surface area contributed by atoms with Crippen LogP contribution in [0.15, 0.2) is 237 Å². The summed E-state index contributed by atoms with van der Waals surface area (Å²) in [6, 6.07) is 83.2. The maximum absolute atomic E-state index is 5.46. The number of para-hydroxylation sites is 4. The Morgan fingerprint density at radius 2 is 0.696 bits per heavy atom. The van der Waals surface area contributed by atoms with Gasteiger partial charge in [-0.05, 0) is 60.7 Å². The van der Waals surface area contributed by atoms with Gasteiger partial charge >= 0.3 is 0 Å². The number of fused-ring (bicyclic) bond motifs is 10. The first-order valence-electron chi connectivity index (χ1n) is 23.2. The zero-order chi connectivity index (χ0) is 45.4. The number of nitrogens with zero attached hydrogens (tertiary/aromatic N) is 7. The van der Waals surface area contributed by atoms with Crippen molar-refractivity contribution in [1.29, 1.82) is 0 Å². The summed E-state index contributed by atoms with van der Waals surface area (Å²) in [6.07, 6.45) is 0. The molecule has 7 heteroatoms. The van der Waals surface area contributed by atoms with Crippen molar-refractivity contribution >= 4 is 65.4 Å². The van der Waals surface area contributed by atoms with Crippen molar-refractivity contribution in [3.63, 3.8) is 0 Å². The summed E-state index contributed by atoms with van der Waals surface area (Å²) in [4.78, 5) is 21.1. The molecule has 7 nitrogen and oxygen atoms in total. The lowest BCUT2D eigenvalue weighted by Gasteiger charge is -2.13. The fraction of sp³-hybridized carbons (Fsp3) is 0. The third kappa shape index (κ3) is 6.21. The average Bonchev–Trinajstić information content (AvgIpc) is 4.07. The second kappa shape index (κ2) is 15.6. The number of hydrogen-bond donors (Lipinski definition) is 0. The fourth-order valence-corrected chi connectivity index (χ4v) is 10.4. The molecule has 14 rings (SSSR count). The molecule has 0 N–H and O–H groups in total. The Hall–Kier alpha value is -9.46. The van der Waals surface area contributed by atoms with E-state index in [0.717, 1.165) is 94.3 Å². The number of rotatable bonds is 7. The fourth-order valence-electron chi connectivity index (χ4n) is 10.4. The van der Waals surface area contributed by atoms with Crippen LogP contribution in [0, 0.1) is 0 Å². The van der Waals surface area contributed by atoms with Gasteiger partial charge in [0.25, 0.3) is 0 Å². The molecule has 0 unspecified atom stereocenters. The molecule has 0 fully saturated rings. The zero-order valence-corrected chi connectivity index (χ0v) is 37.1. The standard InChI is InChI=1S/C62H39N7/c1-4-17-40(18-5-1)52-26-16-27-53(63-52)41-31-33-43(34-32-41)61-64-60(42-19-6-2-7-20-42)65-62(66-61)69-57-38-35-45(67-54-28-13-10-23-46(54)47-24-11-14-29-55(47)67)39-51(57)50-37-36-49-48-25-12-15-30-56(48)68(58(49)59(50)69)44-21-8-3-9-22-44/h1-39H. The van der Waals surface area contributed by atoms with E-state index >= 15 is 0 Å². The predicted octanol–water partition coefficient (Wildman–Crippen LogP) is 15.2. The van der Waals surface area contributed by atoms with Crippen LogP contribution in [0.4, 0.5) is 0 Å². The van der Waals surface area contributed by atoms with Gasteiger partial charge in [-0.25, -0.2) is 9.97 Å². The van der Waals surface area contributed by atoms with Crippen LogP contribution in [0.25, 0.3) is 128 Å². The maximum Gasteiger partial charge on any atom is 0.238 e. The minimum absolute atomic E-state index is 0.530. The first kappa shape index (κ1) is 38.8. The van der Waals surface area contributed by atoms with Crippen molar-refractivity contribution < 1.29 is 0 Å². The van der Waals surface area contributed by atoms with Gasteiger partial charge in [0.15, 0.2) is 11.6 Å². The molecule has 0 atom stereocenters. The van der Waals surface area contributed by atoms with E-state index in [9.17, 15) is 0 Å². The summed E-state index contributed by atoms with van der Waals surface area (Å²) < 4.78 is 7.06. The van der Waals surface area contributed by atoms with Gasteiger partial charge in [-0.2, -0.15) is 9.97 Å². The van der Waals surface area contributed by atoms with Crippen LogP contribution in [0.2, 0.25) is 0 Å². The van der Waals surface area contributed by atoms with Gasteiger partial charge < -0.3 is 9.13 Å². The Kier molecular flexibility index (Phi) is 8.75. The highest BCUT2D eigenvalue weighted by atomic mass is 15.2. The molecule has 0 saturated heterocycles. The van der Waals surface area contributed by atoms with E-state index in [1.54, 1.807) is 0 Å². The largest absolute Gasteiger partial charge is 0.309 e. The average molecular weight is 882 g/mol. The smallest absolute Gasteiger partial charge is 0.238 e. The number of benzene rings is 9. The molecular formula is C62H39N7. The van der Waals surface area contributed by atoms with E-state index in [0.29, 0.717) is 17.6 Å². The summed E-state index contributed by atoms with van der Waals surface area (Å²) in [6.45, 7) is 0. The maximum atomic E-state index is 5.46. The van der Waals surface area contributed by atoms with Crippen LogP contribution in [0.1, 0.15) is 0 Å². The minimum Gasteiger partial charge on any atom is -0.309 e. The lowest BCUT2D eigenvalue weighted by atomic mass is 10.1. The minimum atomic E-state index is 0.530. The van der Waals surface area contributed by atoms with Crippen LogP contribution >= 0.6 is 0 Å². The predicted molar refractivity (Wildman–Crippen MR) is 282 cm³/mol. The van der Waals surface area contributed by atoms with Crippen molar-refractivity contribution in [2.75, 3.05) is 0 Å². The Morgan fingerprint density at radius 3 is 1.32 bits per heavy atom. The van der Waals surface area contributed by atoms with Crippen LogP contribution in [-0.2, 0) is 0 Å². The number of pyridine rings is 1. The molecular weight excluding hydrogens is 843 g/mol. The molecule has 0 amide bonds. The van der Waals surface area contributed by atoms with Gasteiger partial charge in [-0.15, -0.1) is 0 Å². The van der Waals surface area contributed by atoms with Crippen molar-refractivity contribution in [3.8, 4) is 62.6 Å². The quantitative estimate of drug-likeness (QED) is 0.160. The van der Waals surface area contributed by atoms with E-state index in [-0.39, 0.29) is 0 Å². The lowest BCUT2D eigenvalue weighted by Crippen LogP contribution is -2.07. The van der Waals surface area contributed by atoms with Crippen molar-refractivity contribution in [1.82, 2.24) is 33.6 Å². The second-order valence-corrected chi connectivity index (χ2v) is 17.5. The molecule has 0 aliphatic rings. The number of hydrogen-bond acceptors (Lipinski definition) is 4. The SMILES string of the molecule is c1ccc(-c2cccc(-c3ccc(-c4nc(-c5ccccc5)nc(-n5c6ccc(-n7c8ccccc8c8ccccc87)cc6c6ccc7c8ccccc8n(-c8ccccc8)c7c65)n4)cc3)n2)cc1. The molecule has 69 heavy (non-hydrogen) atoms. The molecule has 9 aromatic carbocycles. The first-order chi connectivity index (χ1) is 34.2. The van der Waals surface area contributed by atoms with Gasteiger partial charge in [0.05, 0.1) is 44.5 Å². The molecule has 5 aromatic heterocycles. The Labute approximate surface area is 396 Å². The molecule has 0 aliphatic heterocycles. The highest BCUT2D eigenvalue weighted by Crippen LogP contribution is 2.43. The molecule has 5 heterocycles. The Bertz CT molecular complexity index is 4230. The van der Waals surface area contributed by atoms with Gasteiger partial charge in [-0.1, -0.05) is 176 Å². The van der Waals surface area contributed by atoms with E-state index < -0.39 is 0 Å². The van der Waals surface area contributed by atoms with Crippen LogP contribution in [0.3, 0.4) is 0 Å². The van der Waals surface area contributed by atoms with Crippen molar-refractivity contribution in [3.05, 3.63) is 237 Å². The summed E-state index contributed by atoms with van der Waals surface area (Å²) in [5.41, 5.74) is 14.4. The zero-order valence-electron chi connectivity index (χ0n) is 37.1. The molecule has 0 saturated carbocycles. The lowest BCUT2D eigenvalue weighted by molar-refractivity contribution is 0.953. The highest BCUT2D eigenvalue weighted by molar-refractivity contribution is 6.24. The van der Waals surface area contributed by atoms with Gasteiger partial charge in [0, 0.05) is 65.9 Å². The van der Waals surface area contributed by atoms with E-state index in [4.69, 9.17) is 19.9 Å². The normalized spacial score (nSPS) is 11.8. The monoisotopic (exact) mass is 881 g/mol. The molecule has 0 spiro atoms. The molecule has 0 aliphatic carbocycles. The molecule has 0 radical (unpaired) electrons. The van der Waals surface area contributed by atoms with Gasteiger partial charge in [-0.3, -0.25) is 4.57 Å². The molecule has 14 aromatic rings. The van der Waals surface area contributed by atoms with E-state index in [1.807, 2.05) is 36.4 Å². The van der Waals surface area contributed by atoms with Crippen LogP contribution in [-0.4, -0.2) is 33.6 Å². The van der Waals surface area contributed by atoms with E-state index in [1.165, 1.54) is 16.2 Å². The first-order valence-corrected chi connectivity index (χ1v) is 23.2. The van der Waals surface area contributed by atoms with Crippen molar-refractivity contribution in [2.45, 2.75) is 0 Å². The van der Waals surface area contributed by atoms with Gasteiger partial charge in [0.1, 0.15) is 0 Å². The summed E-state index contributed by atoms with van der Waals surface area (Å²) in [5.74, 6) is 1.69. The Morgan fingerprint density at radius 1 is 0.246 bits per heavy atom.